The van der Waals surface area contributed by atoms with Crippen molar-refractivity contribution in [3.8, 4) is 0 Å². The van der Waals surface area contributed by atoms with Crippen LogP contribution in [0.5, 0.6) is 0 Å². The minimum Gasteiger partial charge on any atom is -0.299 e. The number of fused-ring (bicyclic) bond motifs is 1. The molecule has 0 amide bonds. The van der Waals surface area contributed by atoms with E-state index >= 15 is 0 Å². The summed E-state index contributed by atoms with van der Waals surface area (Å²) in [6.07, 6.45) is 5.41. The van der Waals surface area contributed by atoms with Gasteiger partial charge in [0.25, 0.3) is 0 Å². The number of Topliss-reactive ketones (excluding diaryl/α,β-unsaturated/α-hetero) is 2. The molecule has 5 atom stereocenters. The van der Waals surface area contributed by atoms with Gasteiger partial charge in [-0.05, 0) is 56.2 Å². The molecule has 1 heterocycles. The molecule has 5 aliphatic rings. The molecule has 0 aromatic heterocycles. The Morgan fingerprint density at radius 2 is 1.76 bits per heavy atom. The molecule has 6 rings (SSSR count). The van der Waals surface area contributed by atoms with Crippen LogP contribution in [0, 0.1) is 17.8 Å². The maximum Gasteiger partial charge on any atom is 0.145 e. The Labute approximate surface area is 149 Å². The van der Waals surface area contributed by atoms with Gasteiger partial charge >= 0.3 is 0 Å². The molecular formula is C22H27NO2. The molecule has 4 aliphatic carbocycles. The first-order chi connectivity index (χ1) is 12.1. The van der Waals surface area contributed by atoms with Crippen molar-refractivity contribution in [3.05, 3.63) is 35.9 Å². The van der Waals surface area contributed by atoms with Crippen LogP contribution in [0.25, 0.3) is 0 Å². The summed E-state index contributed by atoms with van der Waals surface area (Å²) in [5.74, 6) is 1.72. The Morgan fingerprint density at radius 3 is 2.48 bits per heavy atom. The third kappa shape index (κ3) is 1.91. The predicted molar refractivity (Wildman–Crippen MR) is 96.3 cm³/mol. The number of hydrogen-bond acceptors (Lipinski definition) is 3. The molecule has 1 aliphatic heterocycles. The molecule has 0 radical (unpaired) electrons. The molecule has 5 unspecified atom stereocenters. The summed E-state index contributed by atoms with van der Waals surface area (Å²) >= 11 is 0. The predicted octanol–water partition coefficient (Wildman–Crippen LogP) is 3.37. The third-order valence-electron chi connectivity index (χ3n) is 7.96. The Morgan fingerprint density at radius 1 is 1.04 bits per heavy atom. The fraction of sp³-hybridized carbons (Fsp3) is 0.636. The maximum atomic E-state index is 13.4. The lowest BCUT2D eigenvalue weighted by molar-refractivity contribution is -0.176. The number of likely N-dealkylation sites (tertiary alicyclic amines) is 1. The van der Waals surface area contributed by atoms with Crippen molar-refractivity contribution < 1.29 is 9.59 Å². The van der Waals surface area contributed by atoms with E-state index in [0.29, 0.717) is 36.2 Å². The fourth-order valence-corrected chi connectivity index (χ4v) is 6.87. The molecule has 1 saturated heterocycles. The lowest BCUT2D eigenvalue weighted by atomic mass is 9.41. The van der Waals surface area contributed by atoms with E-state index in [9.17, 15) is 9.59 Å². The number of benzene rings is 1. The number of hydrogen-bond donors (Lipinski definition) is 0. The van der Waals surface area contributed by atoms with Gasteiger partial charge in [0.15, 0.2) is 0 Å². The summed E-state index contributed by atoms with van der Waals surface area (Å²) < 4.78 is 0. The van der Waals surface area contributed by atoms with Gasteiger partial charge in [-0.1, -0.05) is 37.3 Å². The zero-order valence-electron chi connectivity index (χ0n) is 15.0. The fourth-order valence-electron chi connectivity index (χ4n) is 6.87. The van der Waals surface area contributed by atoms with Crippen LogP contribution in [0.2, 0.25) is 0 Å². The normalized spacial score (nSPS) is 43.6. The van der Waals surface area contributed by atoms with Crippen LogP contribution < -0.4 is 0 Å². The minimum absolute atomic E-state index is 0.0541. The van der Waals surface area contributed by atoms with Gasteiger partial charge in [-0.3, -0.25) is 14.5 Å². The second kappa shape index (κ2) is 5.26. The van der Waals surface area contributed by atoms with Crippen molar-refractivity contribution in [1.29, 1.82) is 0 Å². The zero-order valence-corrected chi connectivity index (χ0v) is 15.0. The zero-order chi connectivity index (χ0) is 17.2. The molecule has 1 aromatic carbocycles. The van der Waals surface area contributed by atoms with E-state index in [4.69, 9.17) is 0 Å². The largest absolute Gasteiger partial charge is 0.299 e. The van der Waals surface area contributed by atoms with Crippen LogP contribution >= 0.6 is 0 Å². The highest BCUT2D eigenvalue weighted by atomic mass is 16.1. The lowest BCUT2D eigenvalue weighted by Crippen LogP contribution is -2.74. The minimum atomic E-state index is -0.414. The highest BCUT2D eigenvalue weighted by Crippen LogP contribution is 2.64. The van der Waals surface area contributed by atoms with E-state index in [2.05, 4.69) is 24.0 Å². The molecule has 132 valence electrons. The van der Waals surface area contributed by atoms with E-state index in [-0.39, 0.29) is 11.5 Å². The van der Waals surface area contributed by atoms with Crippen LogP contribution in [0.1, 0.15) is 51.0 Å². The molecule has 1 aromatic rings. The van der Waals surface area contributed by atoms with E-state index in [1.54, 1.807) is 0 Å². The van der Waals surface area contributed by atoms with Gasteiger partial charge < -0.3 is 0 Å². The monoisotopic (exact) mass is 337 g/mol. The smallest absolute Gasteiger partial charge is 0.145 e. The molecule has 25 heavy (non-hydrogen) atoms. The summed E-state index contributed by atoms with van der Waals surface area (Å²) in [5, 5.41) is 0. The Balaban J connectivity index is 1.66. The molecule has 4 bridgehead atoms. The van der Waals surface area contributed by atoms with Gasteiger partial charge in [0.05, 0.1) is 5.41 Å². The quantitative estimate of drug-likeness (QED) is 0.830. The van der Waals surface area contributed by atoms with Crippen LogP contribution in [-0.2, 0) is 15.0 Å². The first-order valence-electron chi connectivity index (χ1n) is 9.94. The van der Waals surface area contributed by atoms with Gasteiger partial charge in [-0.25, -0.2) is 0 Å². The Hall–Kier alpha value is -1.48. The average Bonchev–Trinajstić information content (AvgIpc) is 3.16. The standard InChI is InChI=1S/C22H27NO2/c1-15-11-19(24)18-13-21(16-7-3-2-4-8-16)12-17(15)22(18,14-20(21)25)23-9-5-6-10-23/h2-4,7-8,15,17-18H,5-6,9-14H2,1H3. The molecule has 4 saturated carbocycles. The van der Waals surface area contributed by atoms with Crippen molar-refractivity contribution in [2.24, 2.45) is 17.8 Å². The SMILES string of the molecule is CC1CC(=O)C2CC3(c4ccccc4)CC1C2(N1CCCC1)CC3=O. The van der Waals surface area contributed by atoms with Gasteiger partial charge in [0, 0.05) is 24.3 Å². The number of rotatable bonds is 2. The van der Waals surface area contributed by atoms with Gasteiger partial charge in [0.1, 0.15) is 11.6 Å². The second-order valence-corrected chi connectivity index (χ2v) is 8.95. The number of ketones is 2. The van der Waals surface area contributed by atoms with Crippen LogP contribution in [0.15, 0.2) is 30.3 Å². The van der Waals surface area contributed by atoms with Crippen molar-refractivity contribution in [3.63, 3.8) is 0 Å². The van der Waals surface area contributed by atoms with E-state index in [1.165, 1.54) is 12.8 Å². The summed E-state index contributed by atoms with van der Waals surface area (Å²) in [5.41, 5.74) is 0.563. The van der Waals surface area contributed by atoms with Crippen molar-refractivity contribution >= 4 is 11.6 Å². The van der Waals surface area contributed by atoms with Gasteiger partial charge in [0.2, 0.25) is 0 Å². The number of carbonyl (C=O) groups excluding carboxylic acids is 2. The van der Waals surface area contributed by atoms with Crippen molar-refractivity contribution in [2.45, 2.75) is 56.4 Å². The Kier molecular flexibility index (Phi) is 3.31. The molecule has 3 heteroatoms. The van der Waals surface area contributed by atoms with E-state index in [1.807, 2.05) is 18.2 Å². The number of carbonyl (C=O) groups is 2. The van der Waals surface area contributed by atoms with Crippen LogP contribution in [0.3, 0.4) is 0 Å². The summed E-state index contributed by atoms with van der Waals surface area (Å²) in [7, 11) is 0. The first kappa shape index (κ1) is 15.7. The topological polar surface area (TPSA) is 37.4 Å². The van der Waals surface area contributed by atoms with E-state index in [0.717, 1.165) is 31.5 Å². The average molecular weight is 337 g/mol. The molecule has 0 spiro atoms. The summed E-state index contributed by atoms with van der Waals surface area (Å²) in [6, 6.07) is 10.3. The summed E-state index contributed by atoms with van der Waals surface area (Å²) in [6.45, 7) is 4.39. The van der Waals surface area contributed by atoms with Crippen LogP contribution in [0.4, 0.5) is 0 Å². The van der Waals surface area contributed by atoms with Crippen molar-refractivity contribution in [1.82, 2.24) is 4.90 Å². The lowest BCUT2D eigenvalue weighted by Gasteiger charge is -2.66. The second-order valence-electron chi connectivity index (χ2n) is 8.95. The Bertz CT molecular complexity index is 723. The third-order valence-corrected chi connectivity index (χ3v) is 7.96. The highest BCUT2D eigenvalue weighted by molar-refractivity contribution is 5.97. The van der Waals surface area contributed by atoms with Gasteiger partial charge in [-0.15, -0.1) is 0 Å². The molecule has 5 fully saturated rings. The highest BCUT2D eigenvalue weighted by Gasteiger charge is 2.70. The summed E-state index contributed by atoms with van der Waals surface area (Å²) in [4.78, 5) is 29.1. The van der Waals surface area contributed by atoms with Gasteiger partial charge in [-0.2, -0.15) is 0 Å². The maximum absolute atomic E-state index is 13.4. The number of nitrogens with zero attached hydrogens (tertiary/aromatic N) is 1. The molecular weight excluding hydrogens is 310 g/mol. The molecule has 3 nitrogen and oxygen atoms in total. The molecule has 0 N–H and O–H groups in total. The van der Waals surface area contributed by atoms with Crippen molar-refractivity contribution in [2.75, 3.05) is 13.1 Å². The van der Waals surface area contributed by atoms with Crippen LogP contribution in [-0.4, -0.2) is 35.1 Å². The van der Waals surface area contributed by atoms with E-state index < -0.39 is 5.41 Å². The first-order valence-corrected chi connectivity index (χ1v) is 9.94.